The predicted octanol–water partition coefficient (Wildman–Crippen LogP) is 2.79. The van der Waals surface area contributed by atoms with Gasteiger partial charge in [-0.05, 0) is 32.9 Å². The number of nitrogens with one attached hydrogen (secondary N) is 1. The number of nitrogens with zero attached hydrogens (tertiary/aromatic N) is 1. The highest BCUT2D eigenvalue weighted by molar-refractivity contribution is 7.13. The van der Waals surface area contributed by atoms with Crippen molar-refractivity contribution in [2.45, 2.75) is 32.9 Å². The summed E-state index contributed by atoms with van der Waals surface area (Å²) in [5, 5.41) is 12.4. The molecule has 0 aliphatic carbocycles. The van der Waals surface area contributed by atoms with Gasteiger partial charge < -0.3 is 15.2 Å². The van der Waals surface area contributed by atoms with Crippen LogP contribution in [0.2, 0.25) is 0 Å². The Labute approximate surface area is 138 Å². The molecule has 1 aromatic carbocycles. The minimum absolute atomic E-state index is 0.190. The summed E-state index contributed by atoms with van der Waals surface area (Å²) in [5.41, 5.74) is 0.451. The molecule has 0 saturated heterocycles. The lowest BCUT2D eigenvalue weighted by Crippen LogP contribution is -2.37. The van der Waals surface area contributed by atoms with Gasteiger partial charge in [0, 0.05) is 0 Å². The van der Waals surface area contributed by atoms with Crippen LogP contribution in [0.3, 0.4) is 0 Å². The number of carbonyl (C=O) groups excluding carboxylic acids is 1. The number of benzene rings is 1. The maximum Gasteiger partial charge on any atom is 0.347 e. The third kappa shape index (κ3) is 4.29. The summed E-state index contributed by atoms with van der Waals surface area (Å²) >= 11 is 1.07. The number of thiazole rings is 1. The average molecular weight is 334 g/mol. The van der Waals surface area contributed by atoms with Crippen molar-refractivity contribution in [1.29, 1.82) is 0 Å². The summed E-state index contributed by atoms with van der Waals surface area (Å²) in [4.78, 5) is 27.6. The van der Waals surface area contributed by atoms with Crippen LogP contribution in [0, 0.1) is 6.92 Å². The number of rotatable bonds is 6. The number of aromatic carboxylic acids is 1. The first kappa shape index (κ1) is 17.0. The van der Waals surface area contributed by atoms with Gasteiger partial charge in [-0.25, -0.2) is 9.78 Å². The highest BCUT2D eigenvalue weighted by Gasteiger charge is 2.22. The first-order valence-electron chi connectivity index (χ1n) is 7.11. The summed E-state index contributed by atoms with van der Waals surface area (Å²) in [6, 6.07) is 8.68. The monoisotopic (exact) mass is 334 g/mol. The van der Waals surface area contributed by atoms with Gasteiger partial charge in [-0.2, -0.15) is 0 Å². The Balaban J connectivity index is 1.99. The van der Waals surface area contributed by atoms with Crippen LogP contribution in [0.5, 0.6) is 5.75 Å². The second-order valence-corrected chi connectivity index (χ2v) is 6.11. The molecule has 0 radical (unpaired) electrons. The minimum Gasteiger partial charge on any atom is -0.481 e. The smallest absolute Gasteiger partial charge is 0.347 e. The molecule has 0 fully saturated rings. The number of aromatic nitrogens is 1. The van der Waals surface area contributed by atoms with E-state index in [0.29, 0.717) is 16.5 Å². The van der Waals surface area contributed by atoms with Gasteiger partial charge in [-0.3, -0.25) is 4.79 Å². The molecule has 2 aromatic rings. The van der Waals surface area contributed by atoms with E-state index in [1.165, 1.54) is 0 Å². The number of ether oxygens (including phenoxy) is 1. The largest absolute Gasteiger partial charge is 0.481 e. The molecular weight excluding hydrogens is 316 g/mol. The fourth-order valence-electron chi connectivity index (χ4n) is 1.95. The molecule has 0 aliphatic rings. The number of hydrogen-bond acceptors (Lipinski definition) is 5. The van der Waals surface area contributed by atoms with Crippen molar-refractivity contribution in [3.63, 3.8) is 0 Å². The first-order valence-corrected chi connectivity index (χ1v) is 7.93. The molecule has 0 bridgehead atoms. The number of carbonyl (C=O) groups is 2. The fourth-order valence-corrected chi connectivity index (χ4v) is 2.86. The molecule has 1 heterocycles. The Kier molecular flexibility index (Phi) is 5.33. The zero-order valence-electron chi connectivity index (χ0n) is 13.1. The van der Waals surface area contributed by atoms with Gasteiger partial charge in [0.15, 0.2) is 6.10 Å². The summed E-state index contributed by atoms with van der Waals surface area (Å²) in [5.74, 6) is -0.683. The highest BCUT2D eigenvalue weighted by atomic mass is 32.1. The second kappa shape index (κ2) is 7.23. The zero-order valence-corrected chi connectivity index (χ0v) is 13.9. The lowest BCUT2D eigenvalue weighted by atomic mass is 10.3. The van der Waals surface area contributed by atoms with E-state index >= 15 is 0 Å². The first-order chi connectivity index (χ1) is 10.9. The Morgan fingerprint density at radius 3 is 2.48 bits per heavy atom. The Bertz CT molecular complexity index is 699. The molecule has 0 spiro atoms. The van der Waals surface area contributed by atoms with Crippen LogP contribution in [0.1, 0.15) is 40.3 Å². The molecule has 1 amide bonds. The van der Waals surface area contributed by atoms with E-state index in [1.807, 2.05) is 18.2 Å². The highest BCUT2D eigenvalue weighted by Crippen LogP contribution is 2.23. The number of carboxylic acids is 1. The van der Waals surface area contributed by atoms with Crippen molar-refractivity contribution in [2.75, 3.05) is 0 Å². The molecule has 6 nitrogen and oxygen atoms in total. The molecule has 0 saturated carbocycles. The van der Waals surface area contributed by atoms with Gasteiger partial charge in [0.25, 0.3) is 5.91 Å². The van der Waals surface area contributed by atoms with E-state index in [0.717, 1.165) is 11.3 Å². The van der Waals surface area contributed by atoms with Crippen LogP contribution in [0.25, 0.3) is 0 Å². The van der Waals surface area contributed by atoms with Crippen LogP contribution >= 0.6 is 11.3 Å². The maximum atomic E-state index is 12.2. The van der Waals surface area contributed by atoms with Crippen LogP contribution in [0.4, 0.5) is 0 Å². The van der Waals surface area contributed by atoms with Gasteiger partial charge in [-0.15, -0.1) is 11.3 Å². The molecule has 1 aromatic heterocycles. The quantitative estimate of drug-likeness (QED) is 0.848. The van der Waals surface area contributed by atoms with E-state index in [1.54, 1.807) is 32.9 Å². The maximum absolute atomic E-state index is 12.2. The standard InChI is InChI=1S/C16H18N2O4S/c1-9-13(16(20)21)23-15(18-9)10(2)17-14(19)11(3)22-12-7-5-4-6-8-12/h4-8,10-11H,1-3H3,(H,17,19)(H,20,21). The number of aryl methyl sites for hydroxylation is 1. The third-order valence-corrected chi connectivity index (χ3v) is 4.49. The zero-order chi connectivity index (χ0) is 17.0. The molecule has 122 valence electrons. The average Bonchev–Trinajstić information content (AvgIpc) is 2.90. The van der Waals surface area contributed by atoms with Crippen LogP contribution in [-0.4, -0.2) is 28.1 Å². The Hall–Kier alpha value is -2.41. The molecule has 2 N–H and O–H groups in total. The lowest BCUT2D eigenvalue weighted by Gasteiger charge is -2.17. The molecule has 2 unspecified atom stereocenters. The van der Waals surface area contributed by atoms with E-state index in [9.17, 15) is 9.59 Å². The lowest BCUT2D eigenvalue weighted by molar-refractivity contribution is -0.127. The van der Waals surface area contributed by atoms with Crippen molar-refractivity contribution in [3.05, 3.63) is 45.9 Å². The van der Waals surface area contributed by atoms with Crippen molar-refractivity contribution < 1.29 is 19.4 Å². The van der Waals surface area contributed by atoms with Gasteiger partial charge in [0.05, 0.1) is 11.7 Å². The van der Waals surface area contributed by atoms with Gasteiger partial charge in [-0.1, -0.05) is 18.2 Å². The summed E-state index contributed by atoms with van der Waals surface area (Å²) in [6.07, 6.45) is -0.667. The summed E-state index contributed by atoms with van der Waals surface area (Å²) in [7, 11) is 0. The van der Waals surface area contributed by atoms with E-state index in [4.69, 9.17) is 9.84 Å². The third-order valence-electron chi connectivity index (χ3n) is 3.16. The minimum atomic E-state index is -1.01. The predicted molar refractivity (Wildman–Crippen MR) is 86.9 cm³/mol. The SMILES string of the molecule is Cc1nc(C(C)NC(=O)C(C)Oc2ccccc2)sc1C(=O)O. The van der Waals surface area contributed by atoms with Crippen molar-refractivity contribution in [3.8, 4) is 5.75 Å². The molecule has 7 heteroatoms. The number of para-hydroxylation sites is 1. The molecule has 23 heavy (non-hydrogen) atoms. The molecule has 0 aliphatic heterocycles. The Morgan fingerprint density at radius 1 is 1.26 bits per heavy atom. The molecular formula is C16H18N2O4S. The second-order valence-electron chi connectivity index (χ2n) is 5.08. The fraction of sp³-hybridized carbons (Fsp3) is 0.312. The van der Waals surface area contributed by atoms with Gasteiger partial charge >= 0.3 is 5.97 Å². The van der Waals surface area contributed by atoms with Crippen molar-refractivity contribution in [2.24, 2.45) is 0 Å². The molecule has 2 rings (SSSR count). The van der Waals surface area contributed by atoms with E-state index in [-0.39, 0.29) is 16.8 Å². The number of carboxylic acid groups (broad SMARTS) is 1. The van der Waals surface area contributed by atoms with Crippen LogP contribution in [0.15, 0.2) is 30.3 Å². The van der Waals surface area contributed by atoms with Crippen molar-refractivity contribution >= 4 is 23.2 Å². The van der Waals surface area contributed by atoms with Crippen molar-refractivity contribution in [1.82, 2.24) is 10.3 Å². The van der Waals surface area contributed by atoms with Crippen LogP contribution in [-0.2, 0) is 4.79 Å². The normalized spacial score (nSPS) is 13.2. The van der Waals surface area contributed by atoms with Gasteiger partial charge in [0.2, 0.25) is 0 Å². The van der Waals surface area contributed by atoms with Crippen LogP contribution < -0.4 is 10.1 Å². The topological polar surface area (TPSA) is 88.5 Å². The number of amides is 1. The Morgan fingerprint density at radius 2 is 1.91 bits per heavy atom. The summed E-state index contributed by atoms with van der Waals surface area (Å²) < 4.78 is 5.56. The van der Waals surface area contributed by atoms with Gasteiger partial charge in [0.1, 0.15) is 15.6 Å². The number of hydrogen-bond donors (Lipinski definition) is 2. The van der Waals surface area contributed by atoms with E-state index < -0.39 is 12.1 Å². The van der Waals surface area contributed by atoms with E-state index in [2.05, 4.69) is 10.3 Å². The molecule has 2 atom stereocenters. The summed E-state index contributed by atoms with van der Waals surface area (Å²) in [6.45, 7) is 5.06.